The SMILES string of the molecule is CCCNC1CCN2CCCC12. The average molecular weight is 168 g/mol. The van der Waals surface area contributed by atoms with Gasteiger partial charge in [0, 0.05) is 18.6 Å². The molecule has 0 bridgehead atoms. The van der Waals surface area contributed by atoms with Crippen LogP contribution in [0.25, 0.3) is 0 Å². The van der Waals surface area contributed by atoms with Crippen molar-refractivity contribution in [3.63, 3.8) is 0 Å². The van der Waals surface area contributed by atoms with E-state index < -0.39 is 0 Å². The molecule has 2 aliphatic rings. The summed E-state index contributed by atoms with van der Waals surface area (Å²) in [6, 6.07) is 1.70. The van der Waals surface area contributed by atoms with Crippen LogP contribution >= 0.6 is 0 Å². The van der Waals surface area contributed by atoms with Crippen LogP contribution in [-0.2, 0) is 0 Å². The molecule has 2 heteroatoms. The lowest BCUT2D eigenvalue weighted by atomic mass is 10.1. The third kappa shape index (κ3) is 1.50. The molecule has 70 valence electrons. The first-order valence-corrected chi connectivity index (χ1v) is 5.39. The van der Waals surface area contributed by atoms with Gasteiger partial charge in [-0.2, -0.15) is 0 Å². The second-order valence-electron chi connectivity index (χ2n) is 4.09. The predicted molar refractivity (Wildman–Crippen MR) is 51.3 cm³/mol. The van der Waals surface area contributed by atoms with E-state index in [0.29, 0.717) is 0 Å². The molecule has 2 heterocycles. The molecule has 2 aliphatic heterocycles. The number of rotatable bonds is 3. The zero-order chi connectivity index (χ0) is 8.39. The number of nitrogens with one attached hydrogen (secondary N) is 1. The highest BCUT2D eigenvalue weighted by atomic mass is 15.2. The third-order valence-electron chi connectivity index (χ3n) is 3.26. The van der Waals surface area contributed by atoms with Crippen molar-refractivity contribution < 1.29 is 0 Å². The molecule has 2 fully saturated rings. The van der Waals surface area contributed by atoms with E-state index in [1.807, 2.05) is 0 Å². The van der Waals surface area contributed by atoms with E-state index in [0.717, 1.165) is 12.1 Å². The fourth-order valence-corrected chi connectivity index (χ4v) is 2.65. The smallest absolute Gasteiger partial charge is 0.0250 e. The summed E-state index contributed by atoms with van der Waals surface area (Å²) in [6.07, 6.45) is 5.50. The highest BCUT2D eigenvalue weighted by molar-refractivity contribution is 4.95. The lowest BCUT2D eigenvalue weighted by Gasteiger charge is -2.20. The number of fused-ring (bicyclic) bond motifs is 1. The minimum atomic E-state index is 0.812. The second kappa shape index (κ2) is 3.75. The molecule has 1 N–H and O–H groups in total. The van der Waals surface area contributed by atoms with E-state index in [-0.39, 0.29) is 0 Å². The highest BCUT2D eigenvalue weighted by Gasteiger charge is 2.36. The van der Waals surface area contributed by atoms with Crippen molar-refractivity contribution in [1.29, 1.82) is 0 Å². The first-order valence-electron chi connectivity index (χ1n) is 5.39. The molecule has 12 heavy (non-hydrogen) atoms. The molecule has 2 atom stereocenters. The van der Waals surface area contributed by atoms with Crippen LogP contribution in [0.5, 0.6) is 0 Å². The van der Waals surface area contributed by atoms with Crippen LogP contribution < -0.4 is 5.32 Å². The third-order valence-corrected chi connectivity index (χ3v) is 3.26. The van der Waals surface area contributed by atoms with Crippen molar-refractivity contribution in [3.05, 3.63) is 0 Å². The van der Waals surface area contributed by atoms with Gasteiger partial charge >= 0.3 is 0 Å². The lowest BCUT2D eigenvalue weighted by Crippen LogP contribution is -2.39. The van der Waals surface area contributed by atoms with Crippen LogP contribution in [0, 0.1) is 0 Å². The largest absolute Gasteiger partial charge is 0.312 e. The van der Waals surface area contributed by atoms with Gasteiger partial charge in [0.25, 0.3) is 0 Å². The van der Waals surface area contributed by atoms with E-state index in [2.05, 4.69) is 17.1 Å². The van der Waals surface area contributed by atoms with Crippen LogP contribution in [0.3, 0.4) is 0 Å². The summed E-state index contributed by atoms with van der Waals surface area (Å²) in [7, 11) is 0. The molecule has 0 aromatic heterocycles. The van der Waals surface area contributed by atoms with Crippen molar-refractivity contribution in [2.75, 3.05) is 19.6 Å². The van der Waals surface area contributed by atoms with Gasteiger partial charge in [-0.15, -0.1) is 0 Å². The number of hydrogen-bond donors (Lipinski definition) is 1. The topological polar surface area (TPSA) is 15.3 Å². The maximum atomic E-state index is 3.66. The Morgan fingerprint density at radius 2 is 2.25 bits per heavy atom. The van der Waals surface area contributed by atoms with E-state index in [9.17, 15) is 0 Å². The van der Waals surface area contributed by atoms with Gasteiger partial charge in [0.15, 0.2) is 0 Å². The van der Waals surface area contributed by atoms with Gasteiger partial charge in [-0.25, -0.2) is 0 Å². The Labute approximate surface area is 75.3 Å². The van der Waals surface area contributed by atoms with Crippen molar-refractivity contribution in [3.8, 4) is 0 Å². The summed E-state index contributed by atoms with van der Waals surface area (Å²) in [5.41, 5.74) is 0. The summed E-state index contributed by atoms with van der Waals surface area (Å²) in [4.78, 5) is 2.66. The van der Waals surface area contributed by atoms with Crippen LogP contribution in [0.4, 0.5) is 0 Å². The molecule has 0 aromatic rings. The van der Waals surface area contributed by atoms with Gasteiger partial charge in [-0.05, 0) is 38.8 Å². The summed E-state index contributed by atoms with van der Waals surface area (Å²) in [5.74, 6) is 0. The molecule has 0 radical (unpaired) electrons. The summed E-state index contributed by atoms with van der Waals surface area (Å²) >= 11 is 0. The Hall–Kier alpha value is -0.0800. The molecule has 2 saturated heterocycles. The highest BCUT2D eigenvalue weighted by Crippen LogP contribution is 2.27. The van der Waals surface area contributed by atoms with Crippen molar-refractivity contribution in [2.45, 2.75) is 44.7 Å². The second-order valence-corrected chi connectivity index (χ2v) is 4.09. The molecule has 2 rings (SSSR count). The normalized spacial score (nSPS) is 35.8. The first kappa shape index (κ1) is 8.52. The van der Waals surface area contributed by atoms with E-state index >= 15 is 0 Å². The fraction of sp³-hybridized carbons (Fsp3) is 1.00. The minimum Gasteiger partial charge on any atom is -0.312 e. The molecular formula is C10H20N2. The van der Waals surface area contributed by atoms with Crippen LogP contribution in [0.2, 0.25) is 0 Å². The average Bonchev–Trinajstić information content (AvgIpc) is 2.62. The predicted octanol–water partition coefficient (Wildman–Crippen LogP) is 1.22. The van der Waals surface area contributed by atoms with Crippen molar-refractivity contribution in [1.82, 2.24) is 10.2 Å². The monoisotopic (exact) mass is 168 g/mol. The van der Waals surface area contributed by atoms with Gasteiger partial charge in [0.2, 0.25) is 0 Å². The van der Waals surface area contributed by atoms with Gasteiger partial charge < -0.3 is 5.32 Å². The summed E-state index contributed by atoms with van der Waals surface area (Å²) in [6.45, 7) is 6.14. The Kier molecular flexibility index (Phi) is 2.66. The Balaban J connectivity index is 1.83. The summed E-state index contributed by atoms with van der Waals surface area (Å²) in [5, 5.41) is 3.66. The maximum absolute atomic E-state index is 3.66. The molecule has 0 saturated carbocycles. The first-order chi connectivity index (χ1) is 5.92. The Bertz CT molecular complexity index is 147. The number of nitrogens with zero attached hydrogens (tertiary/aromatic N) is 1. The quantitative estimate of drug-likeness (QED) is 0.681. The van der Waals surface area contributed by atoms with Gasteiger partial charge in [0.1, 0.15) is 0 Å². The zero-order valence-electron chi connectivity index (χ0n) is 8.05. The van der Waals surface area contributed by atoms with E-state index in [1.54, 1.807) is 0 Å². The maximum Gasteiger partial charge on any atom is 0.0250 e. The molecule has 0 spiro atoms. The van der Waals surface area contributed by atoms with Gasteiger partial charge in [0.05, 0.1) is 0 Å². The molecule has 0 amide bonds. The van der Waals surface area contributed by atoms with E-state index in [4.69, 9.17) is 0 Å². The summed E-state index contributed by atoms with van der Waals surface area (Å²) < 4.78 is 0. The Morgan fingerprint density at radius 3 is 3.08 bits per heavy atom. The lowest BCUT2D eigenvalue weighted by molar-refractivity contribution is 0.299. The Morgan fingerprint density at radius 1 is 1.33 bits per heavy atom. The van der Waals surface area contributed by atoms with Crippen LogP contribution in [-0.4, -0.2) is 36.6 Å². The minimum absolute atomic E-state index is 0.812. The zero-order valence-corrected chi connectivity index (χ0v) is 8.05. The van der Waals surface area contributed by atoms with Gasteiger partial charge in [-0.3, -0.25) is 4.90 Å². The van der Waals surface area contributed by atoms with Crippen LogP contribution in [0.1, 0.15) is 32.6 Å². The molecule has 2 nitrogen and oxygen atoms in total. The van der Waals surface area contributed by atoms with Crippen molar-refractivity contribution >= 4 is 0 Å². The number of hydrogen-bond acceptors (Lipinski definition) is 2. The molecular weight excluding hydrogens is 148 g/mol. The molecule has 0 aliphatic carbocycles. The fourth-order valence-electron chi connectivity index (χ4n) is 2.65. The molecule has 0 aromatic carbocycles. The molecule has 2 unspecified atom stereocenters. The van der Waals surface area contributed by atoms with Gasteiger partial charge in [-0.1, -0.05) is 6.92 Å². The van der Waals surface area contributed by atoms with Crippen molar-refractivity contribution in [2.24, 2.45) is 0 Å². The standard InChI is InChI=1S/C10H20N2/c1-2-6-11-9-5-8-12-7-3-4-10(9)12/h9-11H,2-8H2,1H3. The van der Waals surface area contributed by atoms with E-state index in [1.165, 1.54) is 45.3 Å². The van der Waals surface area contributed by atoms with Crippen LogP contribution in [0.15, 0.2) is 0 Å².